The van der Waals surface area contributed by atoms with Crippen molar-refractivity contribution in [2.24, 2.45) is 15.2 Å². The molecular weight excluding hydrogens is 255 g/mol. The molecule has 0 aliphatic rings. The highest BCUT2D eigenvalue weighted by molar-refractivity contribution is 5.94. The van der Waals surface area contributed by atoms with E-state index in [0.29, 0.717) is 12.1 Å². The molecule has 0 unspecified atom stereocenters. The highest BCUT2D eigenvalue weighted by atomic mass is 19.4. The van der Waals surface area contributed by atoms with Crippen LogP contribution in [0.2, 0.25) is 0 Å². The van der Waals surface area contributed by atoms with Crippen molar-refractivity contribution in [2.45, 2.75) is 26.4 Å². The van der Waals surface area contributed by atoms with Gasteiger partial charge in [0.25, 0.3) is 5.84 Å². The topological polar surface area (TPSA) is 37.1 Å². The molecule has 0 radical (unpaired) electrons. The molecule has 0 fully saturated rings. The maximum absolute atomic E-state index is 12.6. The minimum atomic E-state index is -4.61. The van der Waals surface area contributed by atoms with Crippen molar-refractivity contribution in [3.05, 3.63) is 35.9 Å². The molecule has 0 aliphatic carbocycles. The monoisotopic (exact) mass is 269 g/mol. The highest BCUT2D eigenvalue weighted by Gasteiger charge is 2.36. The Balaban J connectivity index is 2.79. The van der Waals surface area contributed by atoms with Crippen LogP contribution in [0.5, 0.6) is 0 Å². The summed E-state index contributed by atoms with van der Waals surface area (Å²) >= 11 is 0. The van der Waals surface area contributed by atoms with Crippen LogP contribution in [0.25, 0.3) is 0 Å². The third-order valence-electron chi connectivity index (χ3n) is 1.98. The smallest absolute Gasteiger partial charge is 0.236 e. The molecule has 0 saturated carbocycles. The zero-order valence-electron chi connectivity index (χ0n) is 10.6. The standard InChI is InChI=1S/C13H14F3N3/c1-10(2)18-19-12(13(14,15)16)17-9-8-11-6-4-3-5-7-11/h3-7,9H,8H2,1-2H3/b17-9?,19-12-. The minimum Gasteiger partial charge on any atom is -0.236 e. The van der Waals surface area contributed by atoms with Gasteiger partial charge in [0.1, 0.15) is 0 Å². The molecule has 0 aromatic heterocycles. The van der Waals surface area contributed by atoms with E-state index in [1.807, 2.05) is 30.3 Å². The summed E-state index contributed by atoms with van der Waals surface area (Å²) in [7, 11) is 0. The van der Waals surface area contributed by atoms with Gasteiger partial charge in [0.05, 0.1) is 0 Å². The Bertz CT molecular complexity index is 484. The van der Waals surface area contributed by atoms with Gasteiger partial charge in [-0.3, -0.25) is 0 Å². The Kier molecular flexibility index (Phi) is 5.41. The van der Waals surface area contributed by atoms with Crippen LogP contribution >= 0.6 is 0 Å². The Morgan fingerprint density at radius 1 is 1.11 bits per heavy atom. The molecule has 0 aliphatic heterocycles. The molecule has 1 aromatic rings. The van der Waals surface area contributed by atoms with Crippen molar-refractivity contribution in [1.29, 1.82) is 0 Å². The van der Waals surface area contributed by atoms with Gasteiger partial charge >= 0.3 is 6.18 Å². The highest BCUT2D eigenvalue weighted by Crippen LogP contribution is 2.18. The first kappa shape index (κ1) is 15.1. The number of amidine groups is 1. The lowest BCUT2D eigenvalue weighted by Gasteiger charge is -2.03. The lowest BCUT2D eigenvalue weighted by Crippen LogP contribution is -2.21. The Hall–Kier alpha value is -1.98. The number of benzene rings is 1. The number of nitrogens with zero attached hydrogens (tertiary/aromatic N) is 3. The van der Waals surface area contributed by atoms with Crippen LogP contribution in [0.15, 0.2) is 45.5 Å². The molecule has 0 amide bonds. The molecule has 6 heteroatoms. The molecule has 1 rings (SSSR count). The first-order valence-corrected chi connectivity index (χ1v) is 5.62. The van der Waals surface area contributed by atoms with Gasteiger partial charge in [-0.1, -0.05) is 30.3 Å². The predicted molar refractivity (Wildman–Crippen MR) is 70.9 cm³/mol. The summed E-state index contributed by atoms with van der Waals surface area (Å²) < 4.78 is 37.7. The van der Waals surface area contributed by atoms with Crippen molar-refractivity contribution in [3.63, 3.8) is 0 Å². The SMILES string of the molecule is CC(C)=N/N=C(\N=CCc1ccccc1)C(F)(F)F. The number of hydrogen-bond donors (Lipinski definition) is 0. The number of alkyl halides is 3. The zero-order chi connectivity index (χ0) is 14.3. The van der Waals surface area contributed by atoms with Gasteiger partial charge in [0.2, 0.25) is 0 Å². The van der Waals surface area contributed by atoms with E-state index in [-0.39, 0.29) is 0 Å². The van der Waals surface area contributed by atoms with Gasteiger partial charge < -0.3 is 0 Å². The summed E-state index contributed by atoms with van der Waals surface area (Å²) in [5.41, 5.74) is 1.31. The van der Waals surface area contributed by atoms with E-state index in [1.165, 1.54) is 6.21 Å². The molecular formula is C13H14F3N3. The van der Waals surface area contributed by atoms with Crippen molar-refractivity contribution in [1.82, 2.24) is 0 Å². The summed E-state index contributed by atoms with van der Waals surface area (Å²) in [5, 5.41) is 6.50. The Labute approximate surface area is 109 Å². The van der Waals surface area contributed by atoms with E-state index in [9.17, 15) is 13.2 Å². The summed E-state index contributed by atoms with van der Waals surface area (Å²) in [6.07, 6.45) is -3.11. The van der Waals surface area contributed by atoms with Crippen LogP contribution in [0, 0.1) is 0 Å². The molecule has 0 heterocycles. The third kappa shape index (κ3) is 5.94. The van der Waals surface area contributed by atoms with E-state index < -0.39 is 12.0 Å². The number of halogens is 3. The lowest BCUT2D eigenvalue weighted by atomic mass is 10.2. The normalized spacial score (nSPS) is 12.8. The summed E-state index contributed by atoms with van der Waals surface area (Å²) in [5.74, 6) is -1.25. The zero-order valence-corrected chi connectivity index (χ0v) is 10.6. The first-order chi connectivity index (χ1) is 8.89. The fourth-order valence-corrected chi connectivity index (χ4v) is 1.15. The van der Waals surface area contributed by atoms with E-state index in [0.717, 1.165) is 5.56 Å². The molecule has 0 saturated heterocycles. The van der Waals surface area contributed by atoms with Crippen molar-refractivity contribution >= 4 is 17.8 Å². The molecule has 0 N–H and O–H groups in total. The van der Waals surface area contributed by atoms with E-state index in [4.69, 9.17) is 0 Å². The largest absolute Gasteiger partial charge is 0.453 e. The van der Waals surface area contributed by atoms with Gasteiger partial charge in [-0.25, -0.2) is 4.99 Å². The van der Waals surface area contributed by atoms with Gasteiger partial charge in [-0.15, -0.1) is 5.10 Å². The fourth-order valence-electron chi connectivity index (χ4n) is 1.15. The van der Waals surface area contributed by atoms with Gasteiger partial charge in [-0.2, -0.15) is 18.3 Å². The van der Waals surface area contributed by atoms with Crippen molar-refractivity contribution < 1.29 is 13.2 Å². The van der Waals surface area contributed by atoms with E-state index in [1.54, 1.807) is 13.8 Å². The molecule has 0 bridgehead atoms. The predicted octanol–water partition coefficient (Wildman–Crippen LogP) is 3.66. The van der Waals surface area contributed by atoms with Crippen LogP contribution in [0.1, 0.15) is 19.4 Å². The summed E-state index contributed by atoms with van der Waals surface area (Å²) in [4.78, 5) is 3.36. The van der Waals surface area contributed by atoms with E-state index in [2.05, 4.69) is 15.2 Å². The van der Waals surface area contributed by atoms with Gasteiger partial charge in [-0.05, 0) is 19.4 Å². The van der Waals surface area contributed by atoms with Crippen LogP contribution in [0.4, 0.5) is 13.2 Å². The molecule has 1 aromatic carbocycles. The average Bonchev–Trinajstić information content (AvgIpc) is 2.33. The number of aliphatic imine (C=N–C) groups is 1. The van der Waals surface area contributed by atoms with E-state index >= 15 is 0 Å². The van der Waals surface area contributed by atoms with Gasteiger partial charge in [0, 0.05) is 18.3 Å². The van der Waals surface area contributed by atoms with Crippen molar-refractivity contribution in [3.8, 4) is 0 Å². The Morgan fingerprint density at radius 3 is 2.26 bits per heavy atom. The number of rotatable bonds is 3. The van der Waals surface area contributed by atoms with Crippen LogP contribution in [-0.2, 0) is 6.42 Å². The van der Waals surface area contributed by atoms with Crippen LogP contribution < -0.4 is 0 Å². The Morgan fingerprint density at radius 2 is 1.74 bits per heavy atom. The van der Waals surface area contributed by atoms with Gasteiger partial charge in [0.15, 0.2) is 0 Å². The molecule has 3 nitrogen and oxygen atoms in total. The first-order valence-electron chi connectivity index (χ1n) is 5.62. The average molecular weight is 269 g/mol. The quantitative estimate of drug-likeness (QED) is 0.456. The molecule has 19 heavy (non-hydrogen) atoms. The molecule has 102 valence electrons. The number of hydrogen-bond acceptors (Lipinski definition) is 2. The lowest BCUT2D eigenvalue weighted by molar-refractivity contribution is -0.0598. The molecule has 0 spiro atoms. The molecule has 0 atom stereocenters. The fraction of sp³-hybridized carbons (Fsp3) is 0.308. The summed E-state index contributed by atoms with van der Waals surface area (Å²) in [6, 6.07) is 9.08. The van der Waals surface area contributed by atoms with Crippen LogP contribution in [-0.4, -0.2) is 23.9 Å². The second-order valence-electron chi connectivity index (χ2n) is 3.97. The van der Waals surface area contributed by atoms with Crippen molar-refractivity contribution in [2.75, 3.05) is 0 Å². The minimum absolute atomic E-state index is 0.310. The maximum atomic E-state index is 12.6. The van der Waals surface area contributed by atoms with Crippen LogP contribution in [0.3, 0.4) is 0 Å². The second-order valence-corrected chi connectivity index (χ2v) is 3.97. The maximum Gasteiger partial charge on any atom is 0.453 e. The third-order valence-corrected chi connectivity index (χ3v) is 1.98. The second kappa shape index (κ2) is 6.82. The summed E-state index contributed by atoms with van der Waals surface area (Å²) in [6.45, 7) is 3.12.